The summed E-state index contributed by atoms with van der Waals surface area (Å²) >= 11 is 3.96. The average Bonchev–Trinajstić information content (AvgIpc) is 3.42. The molecule has 8 aromatic rings. The summed E-state index contributed by atoms with van der Waals surface area (Å²) in [5, 5.41) is 8.97. The summed E-state index contributed by atoms with van der Waals surface area (Å²) in [7, 11) is 0. The van der Waals surface area contributed by atoms with Crippen LogP contribution >= 0.6 is 15.9 Å². The molecular weight excluding hydrogens is 492 g/mol. The van der Waals surface area contributed by atoms with E-state index in [0.29, 0.717) is 0 Å². The lowest BCUT2D eigenvalue weighted by Crippen LogP contribution is -1.95. The fourth-order valence-corrected chi connectivity index (χ4v) is 6.57. The molecule has 2 heterocycles. The van der Waals surface area contributed by atoms with Gasteiger partial charge in [0.2, 0.25) is 0 Å². The van der Waals surface area contributed by atoms with Crippen LogP contribution in [-0.4, -0.2) is 8.97 Å². The SMILES string of the molecule is Brc1c2ccccc2n2c3ccccc3n(-c3ccc4c5ccccc5c5ccccc5c4c3)c12. The first-order valence-corrected chi connectivity index (χ1v) is 12.6. The van der Waals surface area contributed by atoms with E-state index in [1.54, 1.807) is 0 Å². The molecule has 0 amide bonds. The third-order valence-electron chi connectivity index (χ3n) is 7.35. The van der Waals surface area contributed by atoms with Gasteiger partial charge >= 0.3 is 0 Å². The Morgan fingerprint density at radius 3 is 1.57 bits per heavy atom. The van der Waals surface area contributed by atoms with Gasteiger partial charge in [0.1, 0.15) is 5.65 Å². The molecule has 164 valence electrons. The lowest BCUT2D eigenvalue weighted by atomic mass is 9.94. The third kappa shape index (κ3) is 2.48. The van der Waals surface area contributed by atoms with Crippen LogP contribution in [0.2, 0.25) is 0 Å². The lowest BCUT2D eigenvalue weighted by molar-refractivity contribution is 1.15. The maximum Gasteiger partial charge on any atom is 0.138 e. The van der Waals surface area contributed by atoms with Gasteiger partial charge in [-0.1, -0.05) is 84.9 Å². The van der Waals surface area contributed by atoms with Crippen molar-refractivity contribution >= 4 is 75.8 Å². The van der Waals surface area contributed by atoms with Crippen LogP contribution in [0.3, 0.4) is 0 Å². The summed E-state index contributed by atoms with van der Waals surface area (Å²) in [6.07, 6.45) is 0. The first kappa shape index (κ1) is 19.2. The van der Waals surface area contributed by atoms with E-state index in [9.17, 15) is 0 Å². The van der Waals surface area contributed by atoms with Crippen LogP contribution in [0.5, 0.6) is 0 Å². The minimum Gasteiger partial charge on any atom is -0.293 e. The van der Waals surface area contributed by atoms with Crippen molar-refractivity contribution in [3.8, 4) is 5.69 Å². The summed E-state index contributed by atoms with van der Waals surface area (Å²) in [5.74, 6) is 0. The zero-order valence-corrected chi connectivity index (χ0v) is 20.3. The molecule has 0 atom stereocenters. The van der Waals surface area contributed by atoms with Gasteiger partial charge in [-0.05, 0) is 78.6 Å². The maximum atomic E-state index is 3.96. The van der Waals surface area contributed by atoms with Gasteiger partial charge in [0, 0.05) is 11.1 Å². The Morgan fingerprint density at radius 2 is 0.914 bits per heavy atom. The van der Waals surface area contributed by atoms with E-state index in [4.69, 9.17) is 0 Å². The number of rotatable bonds is 1. The fourth-order valence-electron chi connectivity index (χ4n) is 5.88. The van der Waals surface area contributed by atoms with Crippen LogP contribution in [0.1, 0.15) is 0 Å². The molecule has 0 aliphatic rings. The number of imidazole rings is 1. The van der Waals surface area contributed by atoms with Crippen molar-refractivity contribution in [3.63, 3.8) is 0 Å². The molecule has 6 aromatic carbocycles. The van der Waals surface area contributed by atoms with E-state index in [0.717, 1.165) is 15.8 Å². The van der Waals surface area contributed by atoms with E-state index in [2.05, 4.69) is 140 Å². The van der Waals surface area contributed by atoms with Crippen molar-refractivity contribution in [2.24, 2.45) is 0 Å². The van der Waals surface area contributed by atoms with Gasteiger partial charge < -0.3 is 0 Å². The molecular formula is C32H19BrN2. The smallest absolute Gasteiger partial charge is 0.138 e. The van der Waals surface area contributed by atoms with Gasteiger partial charge in [0.15, 0.2) is 0 Å². The zero-order valence-electron chi connectivity index (χ0n) is 18.7. The van der Waals surface area contributed by atoms with E-state index in [1.807, 2.05) is 0 Å². The van der Waals surface area contributed by atoms with Crippen molar-refractivity contribution < 1.29 is 0 Å². The standard InChI is InChI=1S/C32H19BrN2/c33-31-26-13-5-6-14-28(26)35-30-16-8-7-15-29(30)34(32(31)35)20-17-18-25-23-11-2-1-9-21(23)22-10-3-4-12-24(22)27(25)19-20/h1-19H. The second kappa shape index (κ2) is 6.97. The fraction of sp³-hybridized carbons (Fsp3) is 0. The van der Waals surface area contributed by atoms with Crippen LogP contribution in [0.25, 0.3) is 65.6 Å². The molecule has 0 radical (unpaired) electrons. The highest BCUT2D eigenvalue weighted by atomic mass is 79.9. The highest BCUT2D eigenvalue weighted by Crippen LogP contribution is 2.40. The van der Waals surface area contributed by atoms with E-state index < -0.39 is 0 Å². The Balaban J connectivity index is 1.57. The first-order valence-electron chi connectivity index (χ1n) is 11.8. The first-order chi connectivity index (χ1) is 17.3. The minimum atomic E-state index is 1.12. The molecule has 35 heavy (non-hydrogen) atoms. The number of para-hydroxylation sites is 3. The molecule has 0 fully saturated rings. The summed E-state index contributed by atoms with van der Waals surface area (Å²) < 4.78 is 5.88. The van der Waals surface area contributed by atoms with Crippen LogP contribution < -0.4 is 0 Å². The highest BCUT2D eigenvalue weighted by Gasteiger charge is 2.20. The molecule has 0 saturated heterocycles. The Kier molecular flexibility index (Phi) is 3.83. The normalized spacial score (nSPS) is 12.1. The molecule has 0 spiro atoms. The molecule has 2 aromatic heterocycles. The predicted molar refractivity (Wildman–Crippen MR) is 152 cm³/mol. The Hall–Kier alpha value is -4.08. The van der Waals surface area contributed by atoms with Crippen LogP contribution in [-0.2, 0) is 0 Å². The average molecular weight is 511 g/mol. The second-order valence-electron chi connectivity index (χ2n) is 9.14. The molecule has 0 unspecified atom stereocenters. The number of aromatic nitrogens is 2. The Bertz CT molecular complexity index is 2090. The molecule has 0 N–H and O–H groups in total. The topological polar surface area (TPSA) is 9.34 Å². The molecule has 2 nitrogen and oxygen atoms in total. The summed E-state index contributed by atoms with van der Waals surface area (Å²) in [6.45, 7) is 0. The molecule has 8 rings (SSSR count). The van der Waals surface area contributed by atoms with Crippen molar-refractivity contribution in [2.75, 3.05) is 0 Å². The number of hydrogen-bond donors (Lipinski definition) is 0. The molecule has 0 aliphatic heterocycles. The van der Waals surface area contributed by atoms with Gasteiger partial charge in [0.05, 0.1) is 21.0 Å². The zero-order chi connectivity index (χ0) is 23.1. The molecule has 0 aliphatic carbocycles. The molecule has 0 bridgehead atoms. The summed E-state index contributed by atoms with van der Waals surface area (Å²) in [5.41, 5.74) is 5.91. The van der Waals surface area contributed by atoms with Crippen LogP contribution in [0, 0.1) is 0 Å². The van der Waals surface area contributed by atoms with Gasteiger partial charge in [-0.25, -0.2) is 0 Å². The van der Waals surface area contributed by atoms with Gasteiger partial charge in [-0.3, -0.25) is 8.97 Å². The predicted octanol–water partition coefficient (Wildman–Crippen LogP) is 9.26. The van der Waals surface area contributed by atoms with Crippen LogP contribution in [0.15, 0.2) is 120 Å². The third-order valence-corrected chi connectivity index (χ3v) is 8.13. The van der Waals surface area contributed by atoms with Crippen molar-refractivity contribution in [1.82, 2.24) is 8.97 Å². The number of halogens is 1. The molecule has 3 heteroatoms. The van der Waals surface area contributed by atoms with Crippen molar-refractivity contribution in [2.45, 2.75) is 0 Å². The highest BCUT2D eigenvalue weighted by molar-refractivity contribution is 9.10. The van der Waals surface area contributed by atoms with Crippen LogP contribution in [0.4, 0.5) is 0 Å². The molecule has 0 saturated carbocycles. The monoisotopic (exact) mass is 510 g/mol. The Labute approximate surface area is 209 Å². The maximum absolute atomic E-state index is 3.96. The minimum absolute atomic E-state index is 1.12. The van der Waals surface area contributed by atoms with Gasteiger partial charge in [-0.15, -0.1) is 0 Å². The van der Waals surface area contributed by atoms with Crippen molar-refractivity contribution in [1.29, 1.82) is 0 Å². The lowest BCUT2D eigenvalue weighted by Gasteiger charge is -2.13. The number of benzene rings is 6. The summed E-state index contributed by atoms with van der Waals surface area (Å²) in [6, 6.07) is 41.7. The number of fused-ring (bicyclic) bond motifs is 11. The largest absolute Gasteiger partial charge is 0.293 e. The quantitative estimate of drug-likeness (QED) is 0.194. The van der Waals surface area contributed by atoms with E-state index in [1.165, 1.54) is 54.3 Å². The number of nitrogens with zero attached hydrogens (tertiary/aromatic N) is 2. The van der Waals surface area contributed by atoms with E-state index in [-0.39, 0.29) is 0 Å². The van der Waals surface area contributed by atoms with Crippen molar-refractivity contribution in [3.05, 3.63) is 120 Å². The van der Waals surface area contributed by atoms with Gasteiger partial charge in [-0.2, -0.15) is 0 Å². The van der Waals surface area contributed by atoms with Gasteiger partial charge in [0.25, 0.3) is 0 Å². The Morgan fingerprint density at radius 1 is 0.429 bits per heavy atom. The van der Waals surface area contributed by atoms with E-state index >= 15 is 0 Å². The summed E-state index contributed by atoms with van der Waals surface area (Å²) in [4.78, 5) is 0. The number of hydrogen-bond acceptors (Lipinski definition) is 0. The second-order valence-corrected chi connectivity index (χ2v) is 9.93.